The summed E-state index contributed by atoms with van der Waals surface area (Å²) in [5.41, 5.74) is 0.842. The number of amides is 1. The molecule has 4 rings (SSSR count). The molecule has 1 aliphatic heterocycles. The quantitative estimate of drug-likeness (QED) is 0.524. The highest BCUT2D eigenvalue weighted by Gasteiger charge is 2.24. The van der Waals surface area contributed by atoms with Crippen LogP contribution in [0.5, 0.6) is 0 Å². The molecule has 2 N–H and O–H groups in total. The number of nitrogens with one attached hydrogen (secondary N) is 2. The molecule has 1 aliphatic carbocycles. The number of aromatic nitrogens is 2. The molecule has 34 heavy (non-hydrogen) atoms. The van der Waals surface area contributed by atoms with Gasteiger partial charge in [-0.15, -0.1) is 11.3 Å². The van der Waals surface area contributed by atoms with Crippen LogP contribution in [-0.2, 0) is 0 Å². The highest BCUT2D eigenvalue weighted by atomic mass is 32.1. The van der Waals surface area contributed by atoms with Crippen LogP contribution in [0.25, 0.3) is 10.2 Å². The monoisotopic (exact) mass is 485 g/mol. The van der Waals surface area contributed by atoms with Gasteiger partial charge in [0.1, 0.15) is 15.5 Å². The van der Waals surface area contributed by atoms with Gasteiger partial charge >= 0.3 is 0 Å². The lowest BCUT2D eigenvalue weighted by atomic mass is 9.87. The summed E-state index contributed by atoms with van der Waals surface area (Å²) in [7, 11) is 1.86. The van der Waals surface area contributed by atoms with Gasteiger partial charge in [-0.3, -0.25) is 4.79 Å². The summed E-state index contributed by atoms with van der Waals surface area (Å²) in [5.74, 6) is 2.38. The zero-order chi connectivity index (χ0) is 23.9. The molecule has 6 nitrogen and oxygen atoms in total. The largest absolute Gasteiger partial charge is 0.386 e. The van der Waals surface area contributed by atoms with Crippen molar-refractivity contribution in [1.82, 2.24) is 20.2 Å². The molecule has 1 amide bonds. The summed E-state index contributed by atoms with van der Waals surface area (Å²) in [5, 5.41) is 7.30. The van der Waals surface area contributed by atoms with Gasteiger partial charge in [-0.1, -0.05) is 45.4 Å². The van der Waals surface area contributed by atoms with Crippen molar-refractivity contribution in [1.29, 1.82) is 0 Å². The van der Waals surface area contributed by atoms with Gasteiger partial charge in [0.25, 0.3) is 5.91 Å². The second-order valence-corrected chi connectivity index (χ2v) is 11.5. The van der Waals surface area contributed by atoms with E-state index in [-0.39, 0.29) is 5.91 Å². The van der Waals surface area contributed by atoms with Crippen molar-refractivity contribution in [3.8, 4) is 0 Å². The molecule has 2 fully saturated rings. The number of nitrogens with zero attached hydrogens (tertiary/aromatic N) is 3. The first kappa shape index (κ1) is 25.4. The SMILES string of the molecule is CNc1c(C(=O)NCCC2CCCCC(N3CCC(C)CC3)CCCC2)sc2nc(C)ncc12. The molecule has 0 atom stereocenters. The first-order valence-corrected chi connectivity index (χ1v) is 14.3. The lowest BCUT2D eigenvalue weighted by Crippen LogP contribution is -2.41. The molecular formula is C27H43N5OS. The van der Waals surface area contributed by atoms with E-state index in [0.29, 0.717) is 4.88 Å². The van der Waals surface area contributed by atoms with Crippen LogP contribution < -0.4 is 10.6 Å². The van der Waals surface area contributed by atoms with Crippen molar-refractivity contribution in [3.05, 3.63) is 16.9 Å². The Morgan fingerprint density at radius 1 is 1.09 bits per heavy atom. The minimum Gasteiger partial charge on any atom is -0.386 e. The van der Waals surface area contributed by atoms with Gasteiger partial charge in [0.15, 0.2) is 0 Å². The van der Waals surface area contributed by atoms with Crippen LogP contribution in [0.1, 0.15) is 93.0 Å². The topological polar surface area (TPSA) is 70.2 Å². The summed E-state index contributed by atoms with van der Waals surface area (Å²) in [6.45, 7) is 7.67. The molecule has 0 aromatic carbocycles. The van der Waals surface area contributed by atoms with E-state index in [0.717, 1.165) is 52.6 Å². The average Bonchev–Trinajstić information content (AvgIpc) is 3.21. The normalized spacial score (nSPS) is 23.6. The van der Waals surface area contributed by atoms with Crippen molar-refractivity contribution in [3.63, 3.8) is 0 Å². The number of rotatable bonds is 6. The van der Waals surface area contributed by atoms with Crippen molar-refractivity contribution >= 4 is 33.1 Å². The molecule has 3 heterocycles. The molecule has 0 unspecified atom stereocenters. The third-order valence-corrected chi connectivity index (χ3v) is 9.10. The Balaban J connectivity index is 1.24. The molecule has 0 radical (unpaired) electrons. The molecule has 0 bridgehead atoms. The van der Waals surface area contributed by atoms with Crippen LogP contribution in [0.15, 0.2) is 6.20 Å². The fourth-order valence-electron chi connectivity index (χ4n) is 5.81. The Hall–Kier alpha value is -1.73. The number of aryl methyl sites for hydroxylation is 1. The highest BCUT2D eigenvalue weighted by Crippen LogP contribution is 2.34. The van der Waals surface area contributed by atoms with E-state index in [1.54, 1.807) is 0 Å². The van der Waals surface area contributed by atoms with E-state index >= 15 is 0 Å². The van der Waals surface area contributed by atoms with E-state index in [1.807, 2.05) is 20.2 Å². The van der Waals surface area contributed by atoms with Crippen molar-refractivity contribution < 1.29 is 4.79 Å². The fourth-order valence-corrected chi connectivity index (χ4v) is 6.92. The van der Waals surface area contributed by atoms with Crippen LogP contribution in [0, 0.1) is 18.8 Å². The van der Waals surface area contributed by atoms with Gasteiger partial charge in [-0.2, -0.15) is 0 Å². The fraction of sp³-hybridized carbons (Fsp3) is 0.741. The minimum atomic E-state index is 0.00330. The predicted octanol–water partition coefficient (Wildman–Crippen LogP) is 6.01. The first-order valence-electron chi connectivity index (χ1n) is 13.5. The number of fused-ring (bicyclic) bond motifs is 1. The summed E-state index contributed by atoms with van der Waals surface area (Å²) < 4.78 is 0. The van der Waals surface area contributed by atoms with Crippen LogP contribution in [0.4, 0.5) is 5.69 Å². The number of thiophene rings is 1. The van der Waals surface area contributed by atoms with Crippen LogP contribution >= 0.6 is 11.3 Å². The Morgan fingerprint density at radius 2 is 1.76 bits per heavy atom. The molecule has 2 aliphatic rings. The van der Waals surface area contributed by atoms with Crippen molar-refractivity contribution in [2.24, 2.45) is 11.8 Å². The van der Waals surface area contributed by atoms with Crippen LogP contribution in [0.2, 0.25) is 0 Å². The van der Waals surface area contributed by atoms with Gasteiger partial charge in [-0.05, 0) is 64.0 Å². The molecule has 1 saturated carbocycles. The molecule has 1 saturated heterocycles. The Kier molecular flexibility index (Phi) is 9.17. The van der Waals surface area contributed by atoms with E-state index < -0.39 is 0 Å². The molecule has 0 spiro atoms. The summed E-state index contributed by atoms with van der Waals surface area (Å²) in [4.78, 5) is 26.1. The van der Waals surface area contributed by atoms with Gasteiger partial charge in [0, 0.05) is 25.8 Å². The first-order chi connectivity index (χ1) is 16.5. The molecule has 2 aromatic heterocycles. The maximum atomic E-state index is 13.0. The van der Waals surface area contributed by atoms with Crippen molar-refractivity contribution in [2.75, 3.05) is 32.0 Å². The summed E-state index contributed by atoms with van der Waals surface area (Å²) >= 11 is 1.45. The predicted molar refractivity (Wildman–Crippen MR) is 143 cm³/mol. The maximum Gasteiger partial charge on any atom is 0.263 e. The number of carbonyl (C=O) groups excluding carboxylic acids is 1. The Labute approximate surface area is 209 Å². The molecule has 7 heteroatoms. The van der Waals surface area contributed by atoms with Gasteiger partial charge in [-0.25, -0.2) is 9.97 Å². The molecule has 2 aromatic rings. The zero-order valence-corrected chi connectivity index (χ0v) is 22.2. The maximum absolute atomic E-state index is 13.0. The smallest absolute Gasteiger partial charge is 0.263 e. The van der Waals surface area contributed by atoms with Gasteiger partial charge in [0.2, 0.25) is 0 Å². The number of carbonyl (C=O) groups is 1. The van der Waals surface area contributed by atoms with Gasteiger partial charge in [0.05, 0.1) is 11.1 Å². The number of hydrogen-bond acceptors (Lipinski definition) is 6. The summed E-state index contributed by atoms with van der Waals surface area (Å²) in [6.07, 6.45) is 16.4. The van der Waals surface area contributed by atoms with Gasteiger partial charge < -0.3 is 15.5 Å². The number of anilines is 1. The van der Waals surface area contributed by atoms with Crippen LogP contribution in [0.3, 0.4) is 0 Å². The van der Waals surface area contributed by atoms with Crippen molar-refractivity contribution in [2.45, 2.75) is 90.5 Å². The van der Waals surface area contributed by atoms with Crippen LogP contribution in [-0.4, -0.2) is 53.5 Å². The second kappa shape index (κ2) is 12.3. The lowest BCUT2D eigenvalue weighted by molar-refractivity contribution is 0.0955. The Morgan fingerprint density at radius 3 is 2.44 bits per heavy atom. The molecular weight excluding hydrogens is 442 g/mol. The van der Waals surface area contributed by atoms with E-state index in [9.17, 15) is 4.79 Å². The Bertz CT molecular complexity index is 924. The minimum absolute atomic E-state index is 0.00330. The lowest BCUT2D eigenvalue weighted by Gasteiger charge is -2.37. The third kappa shape index (κ3) is 6.48. The number of piperidine rings is 1. The summed E-state index contributed by atoms with van der Waals surface area (Å²) in [6, 6.07) is 0.819. The van der Waals surface area contributed by atoms with E-state index in [1.165, 1.54) is 88.6 Å². The van der Waals surface area contributed by atoms with E-state index in [4.69, 9.17) is 0 Å². The number of likely N-dealkylation sites (tertiary alicyclic amines) is 1. The third-order valence-electron chi connectivity index (χ3n) is 8.00. The highest BCUT2D eigenvalue weighted by molar-refractivity contribution is 7.21. The number of hydrogen-bond donors (Lipinski definition) is 2. The molecule has 188 valence electrons. The standard InChI is InChI=1S/C27H43N5OS/c1-19-13-16-32(17-14-19)22-10-6-4-8-21(9-5-7-11-22)12-15-29-26(33)25-24(28-3)23-18-30-20(2)31-27(23)34-25/h18-19,21-22,28H,4-17H2,1-3H3,(H,29,33). The van der Waals surface area contributed by atoms with E-state index in [2.05, 4.69) is 32.4 Å². The second-order valence-electron chi connectivity index (χ2n) is 10.5. The average molecular weight is 486 g/mol. The zero-order valence-electron chi connectivity index (χ0n) is 21.4.